The summed E-state index contributed by atoms with van der Waals surface area (Å²) >= 11 is 0. The zero-order valence-corrected chi connectivity index (χ0v) is 10.1. The molecule has 1 rings (SSSR count). The minimum Gasteiger partial charge on any atom is -0.496 e. The van der Waals surface area contributed by atoms with Gasteiger partial charge in [-0.2, -0.15) is 0 Å². The van der Waals surface area contributed by atoms with Gasteiger partial charge in [0.1, 0.15) is 5.75 Å². The lowest BCUT2D eigenvalue weighted by atomic mass is 10.0. The Labute approximate surface area is 92.6 Å². The first-order valence-corrected chi connectivity index (χ1v) is 5.47. The number of hydrogen-bond acceptors (Lipinski definition) is 2. The van der Waals surface area contributed by atoms with Gasteiger partial charge in [0, 0.05) is 12.1 Å². The van der Waals surface area contributed by atoms with Gasteiger partial charge in [0.25, 0.3) is 0 Å². The minimum atomic E-state index is 0.685. The van der Waals surface area contributed by atoms with Gasteiger partial charge in [0.15, 0.2) is 0 Å². The van der Waals surface area contributed by atoms with E-state index in [9.17, 15) is 0 Å². The largest absolute Gasteiger partial charge is 0.496 e. The van der Waals surface area contributed by atoms with Crippen molar-refractivity contribution in [3.8, 4) is 5.75 Å². The fourth-order valence-electron chi connectivity index (χ4n) is 1.72. The monoisotopic (exact) mass is 207 g/mol. The van der Waals surface area contributed by atoms with Gasteiger partial charge in [-0.25, -0.2) is 0 Å². The van der Waals surface area contributed by atoms with Gasteiger partial charge in [-0.15, -0.1) is 0 Å². The van der Waals surface area contributed by atoms with Crippen molar-refractivity contribution in [3.63, 3.8) is 0 Å². The van der Waals surface area contributed by atoms with Crippen LogP contribution in [0.3, 0.4) is 0 Å². The minimum absolute atomic E-state index is 0.685. The molecule has 0 atom stereocenters. The zero-order chi connectivity index (χ0) is 11.3. The predicted molar refractivity (Wildman–Crippen MR) is 64.3 cm³/mol. The Hall–Kier alpha value is -1.02. The molecule has 0 heterocycles. The molecule has 1 aromatic rings. The Morgan fingerprint density at radius 3 is 2.60 bits per heavy atom. The van der Waals surface area contributed by atoms with E-state index < -0.39 is 0 Å². The maximum atomic E-state index is 5.38. The first kappa shape index (κ1) is 12.1. The summed E-state index contributed by atoms with van der Waals surface area (Å²) in [7, 11) is 3.68. The average molecular weight is 207 g/mol. The lowest BCUT2D eigenvalue weighted by Crippen LogP contribution is -2.07. The molecule has 0 bridgehead atoms. The summed E-state index contributed by atoms with van der Waals surface area (Å²) < 4.78 is 5.38. The molecule has 0 unspecified atom stereocenters. The second kappa shape index (κ2) is 5.76. The Morgan fingerprint density at radius 2 is 2.07 bits per heavy atom. The highest BCUT2D eigenvalue weighted by Crippen LogP contribution is 2.21. The Bertz CT molecular complexity index is 307. The fraction of sp³-hybridized carbons (Fsp3) is 0.538. The van der Waals surface area contributed by atoms with Crippen LogP contribution in [-0.2, 0) is 13.0 Å². The number of ether oxygens (including phenoxy) is 1. The van der Waals surface area contributed by atoms with Gasteiger partial charge in [-0.3, -0.25) is 0 Å². The van der Waals surface area contributed by atoms with Crippen LogP contribution < -0.4 is 10.1 Å². The van der Waals surface area contributed by atoms with Crippen LogP contribution >= 0.6 is 0 Å². The highest BCUT2D eigenvalue weighted by Gasteiger charge is 2.04. The Morgan fingerprint density at radius 1 is 1.33 bits per heavy atom. The molecule has 0 spiro atoms. The normalized spacial score (nSPS) is 10.7. The zero-order valence-electron chi connectivity index (χ0n) is 10.1. The van der Waals surface area contributed by atoms with Gasteiger partial charge in [-0.1, -0.05) is 26.0 Å². The van der Waals surface area contributed by atoms with E-state index in [1.807, 2.05) is 7.05 Å². The number of rotatable bonds is 5. The SMILES string of the molecule is CNCc1ccc(CC(C)C)cc1OC. The first-order chi connectivity index (χ1) is 7.17. The van der Waals surface area contributed by atoms with Crippen molar-refractivity contribution in [3.05, 3.63) is 29.3 Å². The summed E-state index contributed by atoms with van der Waals surface area (Å²) in [5, 5.41) is 3.14. The van der Waals surface area contributed by atoms with Crippen LogP contribution in [0.5, 0.6) is 5.75 Å². The van der Waals surface area contributed by atoms with E-state index in [0.717, 1.165) is 18.7 Å². The number of hydrogen-bond donors (Lipinski definition) is 1. The van der Waals surface area contributed by atoms with E-state index in [2.05, 4.69) is 37.4 Å². The van der Waals surface area contributed by atoms with E-state index in [0.29, 0.717) is 5.92 Å². The predicted octanol–water partition coefficient (Wildman–Crippen LogP) is 2.61. The fourth-order valence-corrected chi connectivity index (χ4v) is 1.72. The summed E-state index contributed by atoms with van der Waals surface area (Å²) in [5.41, 5.74) is 2.56. The van der Waals surface area contributed by atoms with Gasteiger partial charge >= 0.3 is 0 Å². The topological polar surface area (TPSA) is 21.3 Å². The molecule has 1 N–H and O–H groups in total. The molecule has 2 nitrogen and oxygen atoms in total. The Balaban J connectivity index is 2.86. The van der Waals surface area contributed by atoms with Crippen molar-refractivity contribution in [2.45, 2.75) is 26.8 Å². The van der Waals surface area contributed by atoms with Crippen molar-refractivity contribution in [2.75, 3.05) is 14.2 Å². The lowest BCUT2D eigenvalue weighted by Gasteiger charge is -2.11. The molecule has 2 heteroatoms. The third-order valence-electron chi connectivity index (χ3n) is 2.36. The molecule has 0 fully saturated rings. The van der Waals surface area contributed by atoms with Gasteiger partial charge in [0.05, 0.1) is 7.11 Å². The molecule has 84 valence electrons. The Kier molecular flexibility index (Phi) is 4.63. The highest BCUT2D eigenvalue weighted by atomic mass is 16.5. The van der Waals surface area contributed by atoms with Crippen LogP contribution in [0.25, 0.3) is 0 Å². The molecule has 0 aliphatic heterocycles. The van der Waals surface area contributed by atoms with Crippen LogP contribution in [0.15, 0.2) is 18.2 Å². The number of nitrogens with one attached hydrogen (secondary N) is 1. The molecule has 0 aliphatic carbocycles. The van der Waals surface area contributed by atoms with E-state index in [1.54, 1.807) is 7.11 Å². The molecule has 0 saturated carbocycles. The van der Waals surface area contributed by atoms with E-state index in [4.69, 9.17) is 4.74 Å². The van der Waals surface area contributed by atoms with Crippen LogP contribution in [0.1, 0.15) is 25.0 Å². The van der Waals surface area contributed by atoms with E-state index in [1.165, 1.54) is 11.1 Å². The van der Waals surface area contributed by atoms with Crippen molar-refractivity contribution in [1.82, 2.24) is 5.32 Å². The molecule has 0 aromatic heterocycles. The molecular weight excluding hydrogens is 186 g/mol. The third kappa shape index (κ3) is 3.56. The van der Waals surface area contributed by atoms with Crippen molar-refractivity contribution >= 4 is 0 Å². The standard InChI is InChI=1S/C13H21NO/c1-10(2)7-11-5-6-12(9-14-3)13(8-11)15-4/h5-6,8,10,14H,7,9H2,1-4H3. The quantitative estimate of drug-likeness (QED) is 0.801. The maximum absolute atomic E-state index is 5.38. The summed E-state index contributed by atoms with van der Waals surface area (Å²) in [6.07, 6.45) is 1.11. The van der Waals surface area contributed by atoms with Crippen molar-refractivity contribution < 1.29 is 4.74 Å². The lowest BCUT2D eigenvalue weighted by molar-refractivity contribution is 0.407. The van der Waals surface area contributed by atoms with Gasteiger partial charge < -0.3 is 10.1 Å². The molecule has 0 aliphatic rings. The first-order valence-electron chi connectivity index (χ1n) is 5.47. The second-order valence-electron chi connectivity index (χ2n) is 4.27. The average Bonchev–Trinajstić information content (AvgIpc) is 2.20. The van der Waals surface area contributed by atoms with Crippen LogP contribution in [0, 0.1) is 5.92 Å². The number of methoxy groups -OCH3 is 1. The summed E-state index contributed by atoms with van der Waals surface area (Å²) in [6, 6.07) is 6.48. The number of benzene rings is 1. The van der Waals surface area contributed by atoms with Crippen LogP contribution in [0.4, 0.5) is 0 Å². The van der Waals surface area contributed by atoms with Crippen molar-refractivity contribution in [1.29, 1.82) is 0 Å². The van der Waals surface area contributed by atoms with Gasteiger partial charge in [0.2, 0.25) is 0 Å². The summed E-state index contributed by atoms with van der Waals surface area (Å²) in [4.78, 5) is 0. The summed E-state index contributed by atoms with van der Waals surface area (Å²) in [5.74, 6) is 1.67. The molecule has 0 amide bonds. The maximum Gasteiger partial charge on any atom is 0.123 e. The summed E-state index contributed by atoms with van der Waals surface area (Å²) in [6.45, 7) is 5.31. The van der Waals surface area contributed by atoms with Crippen LogP contribution in [-0.4, -0.2) is 14.2 Å². The molecular formula is C13H21NO. The third-order valence-corrected chi connectivity index (χ3v) is 2.36. The molecule has 0 saturated heterocycles. The molecule has 1 aromatic carbocycles. The smallest absolute Gasteiger partial charge is 0.123 e. The van der Waals surface area contributed by atoms with E-state index >= 15 is 0 Å². The van der Waals surface area contributed by atoms with E-state index in [-0.39, 0.29) is 0 Å². The van der Waals surface area contributed by atoms with Crippen LogP contribution in [0.2, 0.25) is 0 Å². The second-order valence-corrected chi connectivity index (χ2v) is 4.27. The van der Waals surface area contributed by atoms with Crippen molar-refractivity contribution in [2.24, 2.45) is 5.92 Å². The molecule has 15 heavy (non-hydrogen) atoms. The molecule has 0 radical (unpaired) electrons. The van der Waals surface area contributed by atoms with Gasteiger partial charge in [-0.05, 0) is 31.0 Å². The highest BCUT2D eigenvalue weighted by molar-refractivity contribution is 5.37.